The fraction of sp³-hybridized carbons (Fsp3) is 0.647. The largest absolute Gasteiger partial charge is 0.505 e. The Hall–Kier alpha value is -1.09. The number of hydrogen-bond acceptors (Lipinski definition) is 2. The maximum Gasteiger partial charge on any atom is 0.165 e. The SMILES string of the molecule is CCCN(CCC)C[C@H]1CCc2cc(F)c(O)cc2C1. The van der Waals surface area contributed by atoms with E-state index in [-0.39, 0.29) is 5.75 Å². The van der Waals surface area contributed by atoms with Crippen molar-refractivity contribution in [1.82, 2.24) is 4.90 Å². The second kappa shape index (κ2) is 7.07. The molecular weight excluding hydrogens is 253 g/mol. The minimum absolute atomic E-state index is 0.205. The lowest BCUT2D eigenvalue weighted by atomic mass is 9.83. The van der Waals surface area contributed by atoms with E-state index >= 15 is 0 Å². The van der Waals surface area contributed by atoms with Gasteiger partial charge in [-0.15, -0.1) is 0 Å². The molecule has 0 heterocycles. The molecule has 0 unspecified atom stereocenters. The average molecular weight is 279 g/mol. The summed E-state index contributed by atoms with van der Waals surface area (Å²) in [5.41, 5.74) is 2.21. The van der Waals surface area contributed by atoms with Crippen LogP contribution in [0.25, 0.3) is 0 Å². The minimum Gasteiger partial charge on any atom is -0.505 e. The molecule has 0 aromatic heterocycles. The fourth-order valence-corrected chi connectivity index (χ4v) is 3.29. The van der Waals surface area contributed by atoms with Crippen LogP contribution in [0.3, 0.4) is 0 Å². The Labute approximate surface area is 121 Å². The number of fused-ring (bicyclic) bond motifs is 1. The molecule has 0 saturated carbocycles. The molecule has 0 radical (unpaired) electrons. The van der Waals surface area contributed by atoms with E-state index < -0.39 is 5.82 Å². The van der Waals surface area contributed by atoms with Crippen molar-refractivity contribution in [3.05, 3.63) is 29.1 Å². The van der Waals surface area contributed by atoms with Crippen molar-refractivity contribution >= 4 is 0 Å². The topological polar surface area (TPSA) is 23.5 Å². The molecule has 1 aliphatic rings. The number of halogens is 1. The molecule has 0 fully saturated rings. The Morgan fingerprint density at radius 1 is 1.20 bits per heavy atom. The molecule has 3 heteroatoms. The third-order valence-electron chi connectivity index (χ3n) is 4.20. The number of phenols is 1. The summed E-state index contributed by atoms with van der Waals surface area (Å²) in [4.78, 5) is 2.54. The van der Waals surface area contributed by atoms with Gasteiger partial charge in [-0.3, -0.25) is 0 Å². The van der Waals surface area contributed by atoms with E-state index in [0.29, 0.717) is 5.92 Å². The first-order valence-corrected chi connectivity index (χ1v) is 7.86. The number of aromatic hydroxyl groups is 1. The smallest absolute Gasteiger partial charge is 0.165 e. The summed E-state index contributed by atoms with van der Waals surface area (Å²) in [6, 6.07) is 3.14. The van der Waals surface area contributed by atoms with Gasteiger partial charge in [-0.2, -0.15) is 0 Å². The van der Waals surface area contributed by atoms with Crippen LogP contribution in [-0.4, -0.2) is 29.6 Å². The number of benzene rings is 1. The predicted octanol–water partition coefficient (Wildman–Crippen LogP) is 3.76. The van der Waals surface area contributed by atoms with Crippen molar-refractivity contribution in [3.8, 4) is 5.75 Å². The molecule has 0 aliphatic heterocycles. The van der Waals surface area contributed by atoms with Gasteiger partial charge in [-0.25, -0.2) is 4.39 Å². The second-order valence-corrected chi connectivity index (χ2v) is 5.98. The summed E-state index contributed by atoms with van der Waals surface area (Å²) in [5, 5.41) is 9.53. The zero-order valence-corrected chi connectivity index (χ0v) is 12.7. The van der Waals surface area contributed by atoms with Gasteiger partial charge in [0.2, 0.25) is 0 Å². The van der Waals surface area contributed by atoms with Gasteiger partial charge in [0.25, 0.3) is 0 Å². The zero-order valence-electron chi connectivity index (χ0n) is 12.7. The van der Waals surface area contributed by atoms with Gasteiger partial charge in [0, 0.05) is 6.54 Å². The third kappa shape index (κ3) is 3.72. The molecule has 0 amide bonds. The van der Waals surface area contributed by atoms with E-state index in [9.17, 15) is 9.50 Å². The molecule has 1 aromatic rings. The molecule has 0 bridgehead atoms. The van der Waals surface area contributed by atoms with Crippen LogP contribution in [0, 0.1) is 11.7 Å². The van der Waals surface area contributed by atoms with Crippen LogP contribution in [0.2, 0.25) is 0 Å². The Balaban J connectivity index is 2.01. The highest BCUT2D eigenvalue weighted by Gasteiger charge is 2.22. The van der Waals surface area contributed by atoms with Gasteiger partial charge in [-0.05, 0) is 74.4 Å². The molecule has 2 nitrogen and oxygen atoms in total. The van der Waals surface area contributed by atoms with Gasteiger partial charge >= 0.3 is 0 Å². The third-order valence-corrected chi connectivity index (χ3v) is 4.20. The fourth-order valence-electron chi connectivity index (χ4n) is 3.29. The first-order valence-electron chi connectivity index (χ1n) is 7.86. The normalized spacial score (nSPS) is 18.3. The van der Waals surface area contributed by atoms with Crippen molar-refractivity contribution in [2.45, 2.75) is 46.0 Å². The van der Waals surface area contributed by atoms with Crippen molar-refractivity contribution in [2.75, 3.05) is 19.6 Å². The predicted molar refractivity (Wildman–Crippen MR) is 80.6 cm³/mol. The quantitative estimate of drug-likeness (QED) is 0.857. The zero-order chi connectivity index (χ0) is 14.5. The van der Waals surface area contributed by atoms with Crippen molar-refractivity contribution in [1.29, 1.82) is 0 Å². The summed E-state index contributed by atoms with van der Waals surface area (Å²) in [5.74, 6) is -0.0605. The van der Waals surface area contributed by atoms with Crippen LogP contribution >= 0.6 is 0 Å². The van der Waals surface area contributed by atoms with E-state index in [1.165, 1.54) is 18.9 Å². The average Bonchev–Trinajstić information content (AvgIpc) is 2.41. The Morgan fingerprint density at radius 2 is 1.90 bits per heavy atom. The molecule has 112 valence electrons. The van der Waals surface area contributed by atoms with E-state index in [1.807, 2.05) is 0 Å². The highest BCUT2D eigenvalue weighted by molar-refractivity contribution is 5.38. The highest BCUT2D eigenvalue weighted by Crippen LogP contribution is 2.30. The van der Waals surface area contributed by atoms with Gasteiger partial charge < -0.3 is 10.0 Å². The second-order valence-electron chi connectivity index (χ2n) is 5.98. The number of rotatable bonds is 6. The summed E-state index contributed by atoms with van der Waals surface area (Å²) in [6.45, 7) is 7.89. The van der Waals surface area contributed by atoms with Crippen molar-refractivity contribution < 1.29 is 9.50 Å². The number of hydrogen-bond donors (Lipinski definition) is 1. The first-order chi connectivity index (χ1) is 9.63. The lowest BCUT2D eigenvalue weighted by molar-refractivity contribution is 0.219. The van der Waals surface area contributed by atoms with Crippen molar-refractivity contribution in [2.24, 2.45) is 5.92 Å². The molecule has 2 rings (SSSR count). The van der Waals surface area contributed by atoms with E-state index in [1.54, 1.807) is 6.07 Å². The van der Waals surface area contributed by atoms with Crippen molar-refractivity contribution in [3.63, 3.8) is 0 Å². The maximum absolute atomic E-state index is 13.4. The summed E-state index contributed by atoms with van der Waals surface area (Å²) in [6.07, 6.45) is 5.40. The van der Waals surface area contributed by atoms with Crippen LogP contribution < -0.4 is 0 Å². The van der Waals surface area contributed by atoms with Crippen LogP contribution in [0.4, 0.5) is 4.39 Å². The summed E-state index contributed by atoms with van der Waals surface area (Å²) in [7, 11) is 0. The standard InChI is InChI=1S/C17H26FNO/c1-3-7-19(8-4-2)12-13-5-6-14-10-16(18)17(20)11-15(14)9-13/h10-11,13,20H,3-9,12H2,1-2H3/t13-/m0/s1. The van der Waals surface area contributed by atoms with E-state index in [2.05, 4.69) is 18.7 Å². The van der Waals surface area contributed by atoms with Gasteiger partial charge in [-0.1, -0.05) is 13.8 Å². The molecule has 20 heavy (non-hydrogen) atoms. The Kier molecular flexibility index (Phi) is 5.41. The molecular formula is C17H26FNO. The summed E-state index contributed by atoms with van der Waals surface area (Å²) < 4.78 is 13.4. The molecule has 1 N–H and O–H groups in total. The van der Waals surface area contributed by atoms with Gasteiger partial charge in [0.15, 0.2) is 11.6 Å². The molecule has 0 saturated heterocycles. The van der Waals surface area contributed by atoms with Crippen LogP contribution in [-0.2, 0) is 12.8 Å². The highest BCUT2D eigenvalue weighted by atomic mass is 19.1. The monoisotopic (exact) mass is 279 g/mol. The summed E-state index contributed by atoms with van der Waals surface area (Å²) >= 11 is 0. The minimum atomic E-state index is -0.485. The molecule has 1 atom stereocenters. The Morgan fingerprint density at radius 3 is 2.55 bits per heavy atom. The van der Waals surface area contributed by atoms with E-state index in [0.717, 1.165) is 50.0 Å². The maximum atomic E-state index is 13.4. The van der Waals surface area contributed by atoms with Gasteiger partial charge in [0.1, 0.15) is 0 Å². The molecule has 0 spiro atoms. The van der Waals surface area contributed by atoms with Gasteiger partial charge in [0.05, 0.1) is 0 Å². The Bertz CT molecular complexity index is 441. The van der Waals surface area contributed by atoms with Crippen LogP contribution in [0.5, 0.6) is 5.75 Å². The molecule has 1 aliphatic carbocycles. The van der Waals surface area contributed by atoms with E-state index in [4.69, 9.17) is 0 Å². The first kappa shape index (κ1) is 15.3. The number of aryl methyl sites for hydroxylation is 1. The number of phenolic OH excluding ortho intramolecular Hbond substituents is 1. The van der Waals surface area contributed by atoms with Crippen LogP contribution in [0.15, 0.2) is 12.1 Å². The molecule has 1 aromatic carbocycles. The lowest BCUT2D eigenvalue weighted by Crippen LogP contribution is -2.33. The number of nitrogens with zero attached hydrogens (tertiary/aromatic N) is 1. The van der Waals surface area contributed by atoms with Crippen LogP contribution in [0.1, 0.15) is 44.2 Å². The lowest BCUT2D eigenvalue weighted by Gasteiger charge is -2.30.